The number of imide groups is 1. The number of likely N-dealkylation sites (tertiary alicyclic amines) is 1. The highest BCUT2D eigenvalue weighted by molar-refractivity contribution is 6.08. The molecule has 4 aliphatic rings. The summed E-state index contributed by atoms with van der Waals surface area (Å²) in [5.74, 6) is -1.38. The number of nitrogens with two attached hydrogens (primary N) is 1. The highest BCUT2D eigenvalue weighted by Crippen LogP contribution is 2.52. The van der Waals surface area contributed by atoms with Crippen molar-refractivity contribution in [2.45, 2.75) is 25.8 Å². The van der Waals surface area contributed by atoms with Gasteiger partial charge >= 0.3 is 0 Å². The van der Waals surface area contributed by atoms with Crippen LogP contribution in [0.5, 0.6) is 0 Å². The van der Waals surface area contributed by atoms with E-state index in [0.717, 1.165) is 42.0 Å². The zero-order valence-corrected chi connectivity index (χ0v) is 17.9. The molecular weight excluding hydrogens is 408 g/mol. The summed E-state index contributed by atoms with van der Waals surface area (Å²) in [6.45, 7) is 1.61. The zero-order valence-electron chi connectivity index (χ0n) is 17.9. The molecule has 2 aliphatic carbocycles. The van der Waals surface area contributed by atoms with Gasteiger partial charge in [-0.1, -0.05) is 24.3 Å². The molecule has 2 heterocycles. The minimum Gasteiger partial charge on any atom is -0.371 e. The monoisotopic (exact) mass is 436 g/mol. The Morgan fingerprint density at radius 2 is 1.69 bits per heavy atom. The summed E-state index contributed by atoms with van der Waals surface area (Å²) in [5, 5.41) is 2.82. The van der Waals surface area contributed by atoms with E-state index in [4.69, 9.17) is 5.73 Å². The number of hydrogen-bond donors (Lipinski definition) is 2. The van der Waals surface area contributed by atoms with Crippen molar-refractivity contribution in [3.8, 4) is 0 Å². The summed E-state index contributed by atoms with van der Waals surface area (Å²) in [7, 11) is 0. The fourth-order valence-electron chi connectivity index (χ4n) is 5.79. The summed E-state index contributed by atoms with van der Waals surface area (Å²) in [4.78, 5) is 52.7. The summed E-state index contributed by atoms with van der Waals surface area (Å²) >= 11 is 0. The molecule has 3 fully saturated rings. The Kier molecular flexibility index (Phi) is 5.23. The van der Waals surface area contributed by atoms with E-state index in [2.05, 4.69) is 10.2 Å². The van der Waals surface area contributed by atoms with Crippen molar-refractivity contribution in [3.63, 3.8) is 0 Å². The SMILES string of the molecule is NC(=O)[C@@H]1CCCN(c2ccc(CNC(=O)CN3C(=O)[C@@H]4[C@@H](C3=O)[C@H]3C=C[C@H]4C3)cc2)C1. The number of carbonyl (C=O) groups excluding carboxylic acids is 4. The number of fused-ring (bicyclic) bond motifs is 5. The average Bonchev–Trinajstić information content (AvgIpc) is 3.48. The van der Waals surface area contributed by atoms with E-state index in [1.54, 1.807) is 0 Å². The van der Waals surface area contributed by atoms with Gasteiger partial charge in [0, 0.05) is 25.3 Å². The molecular formula is C24H28N4O4. The van der Waals surface area contributed by atoms with E-state index in [9.17, 15) is 19.2 Å². The lowest BCUT2D eigenvalue weighted by Gasteiger charge is -2.33. The fourth-order valence-corrected chi connectivity index (χ4v) is 5.79. The summed E-state index contributed by atoms with van der Waals surface area (Å²) < 4.78 is 0. The molecule has 2 bridgehead atoms. The number of nitrogens with zero attached hydrogens (tertiary/aromatic N) is 2. The zero-order chi connectivity index (χ0) is 22.4. The fraction of sp³-hybridized carbons (Fsp3) is 0.500. The number of amides is 4. The molecule has 1 aromatic carbocycles. The lowest BCUT2D eigenvalue weighted by Crippen LogP contribution is -2.41. The van der Waals surface area contributed by atoms with Crippen molar-refractivity contribution in [1.29, 1.82) is 0 Å². The first kappa shape index (κ1) is 20.7. The minimum absolute atomic E-state index is 0.121. The van der Waals surface area contributed by atoms with Crippen LogP contribution in [0.1, 0.15) is 24.8 Å². The van der Waals surface area contributed by atoms with Crippen LogP contribution < -0.4 is 16.0 Å². The van der Waals surface area contributed by atoms with E-state index in [0.29, 0.717) is 13.1 Å². The third kappa shape index (κ3) is 3.57. The molecule has 5 atom stereocenters. The molecule has 1 aromatic rings. The molecule has 0 radical (unpaired) electrons. The van der Waals surface area contributed by atoms with Crippen molar-refractivity contribution in [2.24, 2.45) is 35.3 Å². The van der Waals surface area contributed by atoms with E-state index >= 15 is 0 Å². The van der Waals surface area contributed by atoms with Crippen LogP contribution in [0.3, 0.4) is 0 Å². The molecule has 8 nitrogen and oxygen atoms in total. The Hall–Kier alpha value is -3.16. The van der Waals surface area contributed by atoms with E-state index in [1.165, 1.54) is 0 Å². The van der Waals surface area contributed by atoms with Gasteiger partial charge in [0.25, 0.3) is 0 Å². The van der Waals surface area contributed by atoms with Crippen LogP contribution in [-0.2, 0) is 25.7 Å². The van der Waals surface area contributed by atoms with Gasteiger partial charge in [-0.3, -0.25) is 24.1 Å². The maximum atomic E-state index is 12.7. The van der Waals surface area contributed by atoms with Crippen LogP contribution in [0.25, 0.3) is 0 Å². The summed E-state index contributed by atoms with van der Waals surface area (Å²) in [6, 6.07) is 7.82. The largest absolute Gasteiger partial charge is 0.371 e. The third-order valence-corrected chi connectivity index (χ3v) is 7.48. The number of nitrogens with one attached hydrogen (secondary N) is 1. The predicted octanol–water partition coefficient (Wildman–Crippen LogP) is 0.812. The molecule has 0 unspecified atom stereocenters. The molecule has 8 heteroatoms. The standard InChI is InChI=1S/C24H28N4O4/c25-22(30)17-2-1-9-27(12-17)18-7-3-14(4-8-18)11-26-19(29)13-28-23(31)20-15-5-6-16(10-15)21(20)24(28)32/h3-8,15-17,20-21H,1-2,9-13H2,(H2,25,30)(H,26,29)/t15-,16-,17+,20-,21-/m0/s1. The minimum atomic E-state index is -0.337. The van der Waals surface area contributed by atoms with Crippen molar-refractivity contribution >= 4 is 29.3 Å². The Labute approximate surface area is 186 Å². The van der Waals surface area contributed by atoms with Crippen molar-refractivity contribution in [1.82, 2.24) is 10.2 Å². The highest BCUT2D eigenvalue weighted by Gasteiger charge is 2.59. The second-order valence-corrected chi connectivity index (χ2v) is 9.39. The molecule has 168 valence electrons. The number of benzene rings is 1. The third-order valence-electron chi connectivity index (χ3n) is 7.48. The Balaban J connectivity index is 1.14. The van der Waals surface area contributed by atoms with Crippen LogP contribution in [0.15, 0.2) is 36.4 Å². The molecule has 1 saturated carbocycles. The number of allylic oxidation sites excluding steroid dienone is 2. The first-order valence-electron chi connectivity index (χ1n) is 11.4. The van der Waals surface area contributed by atoms with E-state index in [-0.39, 0.29) is 59.8 Å². The van der Waals surface area contributed by atoms with Crippen molar-refractivity contribution < 1.29 is 19.2 Å². The van der Waals surface area contributed by atoms with E-state index < -0.39 is 0 Å². The Bertz CT molecular complexity index is 958. The number of rotatable bonds is 6. The molecule has 0 spiro atoms. The highest BCUT2D eigenvalue weighted by atomic mass is 16.2. The van der Waals surface area contributed by atoms with Crippen LogP contribution in [-0.4, -0.2) is 48.2 Å². The van der Waals surface area contributed by atoms with Crippen molar-refractivity contribution in [3.05, 3.63) is 42.0 Å². The van der Waals surface area contributed by atoms with Crippen LogP contribution in [0, 0.1) is 29.6 Å². The molecule has 32 heavy (non-hydrogen) atoms. The van der Waals surface area contributed by atoms with Gasteiger partial charge < -0.3 is 16.0 Å². The first-order chi connectivity index (χ1) is 15.4. The van der Waals surface area contributed by atoms with Gasteiger partial charge in [0.15, 0.2) is 0 Å². The summed E-state index contributed by atoms with van der Waals surface area (Å²) in [5.41, 5.74) is 7.41. The number of anilines is 1. The predicted molar refractivity (Wildman–Crippen MR) is 117 cm³/mol. The van der Waals surface area contributed by atoms with Gasteiger partial charge in [0.1, 0.15) is 6.54 Å². The Morgan fingerprint density at radius 3 is 2.31 bits per heavy atom. The number of primary amides is 1. The molecule has 3 N–H and O–H groups in total. The molecule has 2 aliphatic heterocycles. The normalized spacial score (nSPS) is 30.7. The smallest absolute Gasteiger partial charge is 0.240 e. The van der Waals surface area contributed by atoms with Crippen LogP contribution in [0.2, 0.25) is 0 Å². The quantitative estimate of drug-likeness (QED) is 0.506. The molecule has 4 amide bonds. The van der Waals surface area contributed by atoms with Gasteiger partial charge in [-0.15, -0.1) is 0 Å². The lowest BCUT2D eigenvalue weighted by molar-refractivity contribution is -0.144. The Morgan fingerprint density at radius 1 is 1.03 bits per heavy atom. The second-order valence-electron chi connectivity index (χ2n) is 9.39. The average molecular weight is 437 g/mol. The van der Waals surface area contributed by atoms with E-state index in [1.807, 2.05) is 36.4 Å². The number of piperidine rings is 1. The number of hydrogen-bond acceptors (Lipinski definition) is 5. The van der Waals surface area contributed by atoms with Gasteiger partial charge in [-0.05, 0) is 48.8 Å². The molecule has 0 aromatic heterocycles. The van der Waals surface area contributed by atoms with Gasteiger partial charge in [-0.25, -0.2) is 0 Å². The van der Waals surface area contributed by atoms with Gasteiger partial charge in [0.05, 0.1) is 17.8 Å². The van der Waals surface area contributed by atoms with Crippen LogP contribution >= 0.6 is 0 Å². The summed E-state index contributed by atoms with van der Waals surface area (Å²) in [6.07, 6.45) is 6.73. The number of carbonyl (C=O) groups is 4. The van der Waals surface area contributed by atoms with Gasteiger partial charge in [-0.2, -0.15) is 0 Å². The second kappa shape index (κ2) is 8.07. The lowest BCUT2D eigenvalue weighted by atomic mass is 9.85. The maximum absolute atomic E-state index is 12.7. The van der Waals surface area contributed by atoms with Crippen molar-refractivity contribution in [2.75, 3.05) is 24.5 Å². The van der Waals surface area contributed by atoms with Gasteiger partial charge in [0.2, 0.25) is 23.6 Å². The maximum Gasteiger partial charge on any atom is 0.240 e. The van der Waals surface area contributed by atoms with Crippen LogP contribution in [0.4, 0.5) is 5.69 Å². The topological polar surface area (TPSA) is 113 Å². The molecule has 5 rings (SSSR count). The first-order valence-corrected chi connectivity index (χ1v) is 11.4. The molecule has 2 saturated heterocycles.